The van der Waals surface area contributed by atoms with Crippen molar-refractivity contribution in [3.63, 3.8) is 0 Å². The molecule has 0 atom stereocenters. The lowest BCUT2D eigenvalue weighted by atomic mass is 10.1. The lowest BCUT2D eigenvalue weighted by Crippen LogP contribution is -2.28. The van der Waals surface area contributed by atoms with Crippen LogP contribution in [0.15, 0.2) is 60.8 Å². The Bertz CT molecular complexity index is 1340. The molecule has 6 nitrogen and oxygen atoms in total. The lowest BCUT2D eigenvalue weighted by Gasteiger charge is -2.21. The minimum absolute atomic E-state index is 0.227. The molecule has 8 heteroatoms. The number of aromatic nitrogens is 2. The van der Waals surface area contributed by atoms with Gasteiger partial charge in [-0.25, -0.2) is 9.37 Å². The van der Waals surface area contributed by atoms with Crippen molar-refractivity contribution in [3.05, 3.63) is 66.6 Å². The van der Waals surface area contributed by atoms with Crippen LogP contribution in [0.3, 0.4) is 0 Å². The average molecular weight is 480 g/mol. The fourth-order valence-corrected chi connectivity index (χ4v) is 5.27. The number of nitrogens with one attached hydrogen (secondary N) is 2. The molecule has 0 aliphatic rings. The van der Waals surface area contributed by atoms with E-state index >= 15 is 0 Å². The Hall–Kier alpha value is -3.15. The standard InChI is InChI=1S/C26H31FN5OP/c1-31(2)15-16-32(3)19-11-9-18(10-12-19)24-17-20-22(13-14-28-26(20)30-24)29-23-8-6-7-21(27)25(23)34(4,5)33/h6-14,17H,15-16H2,1-5H3,(H2,28,29,30). The van der Waals surface area contributed by atoms with Crippen LogP contribution in [0, 0.1) is 5.82 Å². The highest BCUT2D eigenvalue weighted by atomic mass is 31.2. The molecule has 0 unspecified atom stereocenters. The molecule has 2 aromatic carbocycles. The number of hydrogen-bond donors (Lipinski definition) is 2. The number of anilines is 3. The predicted molar refractivity (Wildman–Crippen MR) is 142 cm³/mol. The van der Waals surface area contributed by atoms with E-state index in [0.29, 0.717) is 5.69 Å². The van der Waals surface area contributed by atoms with Crippen molar-refractivity contribution in [1.29, 1.82) is 0 Å². The first-order chi connectivity index (χ1) is 16.1. The summed E-state index contributed by atoms with van der Waals surface area (Å²) in [4.78, 5) is 12.2. The van der Waals surface area contributed by atoms with Crippen LogP contribution in [0.1, 0.15) is 0 Å². The number of rotatable bonds is 8. The van der Waals surface area contributed by atoms with Gasteiger partial charge in [0.15, 0.2) is 0 Å². The Morgan fingerprint density at radius 2 is 1.74 bits per heavy atom. The van der Waals surface area contributed by atoms with Crippen molar-refractivity contribution in [2.75, 3.05) is 57.8 Å². The van der Waals surface area contributed by atoms with Crippen LogP contribution < -0.4 is 15.5 Å². The van der Waals surface area contributed by atoms with Crippen LogP contribution in [0.25, 0.3) is 22.3 Å². The first kappa shape index (κ1) is 24.0. The Morgan fingerprint density at radius 3 is 2.41 bits per heavy atom. The summed E-state index contributed by atoms with van der Waals surface area (Å²) in [5.41, 5.74) is 5.15. The second-order valence-electron chi connectivity index (χ2n) is 9.19. The summed E-state index contributed by atoms with van der Waals surface area (Å²) < 4.78 is 27.3. The van der Waals surface area contributed by atoms with Gasteiger partial charge in [-0.3, -0.25) is 0 Å². The van der Waals surface area contributed by atoms with Crippen molar-refractivity contribution in [2.45, 2.75) is 0 Å². The highest BCUT2D eigenvalue weighted by Crippen LogP contribution is 2.40. The Morgan fingerprint density at radius 1 is 1.00 bits per heavy atom. The maximum absolute atomic E-state index is 14.5. The Labute approximate surface area is 200 Å². The Kier molecular flexibility index (Phi) is 6.78. The molecule has 0 saturated heterocycles. The van der Waals surface area contributed by atoms with E-state index in [0.717, 1.165) is 46.8 Å². The third-order valence-electron chi connectivity index (χ3n) is 5.83. The fraction of sp³-hybridized carbons (Fsp3) is 0.269. The monoisotopic (exact) mass is 479 g/mol. The first-order valence-corrected chi connectivity index (χ1v) is 13.8. The highest BCUT2D eigenvalue weighted by Gasteiger charge is 2.21. The summed E-state index contributed by atoms with van der Waals surface area (Å²) in [6, 6.07) is 17.0. The summed E-state index contributed by atoms with van der Waals surface area (Å²) in [7, 11) is 3.41. The van der Waals surface area contributed by atoms with Crippen LogP contribution in [-0.2, 0) is 4.57 Å². The fourth-order valence-electron chi connectivity index (χ4n) is 3.97. The van der Waals surface area contributed by atoms with Gasteiger partial charge in [0.1, 0.15) is 18.6 Å². The zero-order chi connectivity index (χ0) is 24.5. The van der Waals surface area contributed by atoms with Crippen molar-refractivity contribution in [1.82, 2.24) is 14.9 Å². The van der Waals surface area contributed by atoms with E-state index in [1.54, 1.807) is 31.7 Å². The van der Waals surface area contributed by atoms with Crippen LogP contribution in [-0.4, -0.2) is 62.4 Å². The maximum Gasteiger partial charge on any atom is 0.139 e. The van der Waals surface area contributed by atoms with Gasteiger partial charge in [0, 0.05) is 43.1 Å². The summed E-state index contributed by atoms with van der Waals surface area (Å²) in [5, 5.41) is 4.40. The van der Waals surface area contributed by atoms with Crippen LogP contribution in [0.2, 0.25) is 0 Å². The van der Waals surface area contributed by atoms with Gasteiger partial charge in [-0.2, -0.15) is 0 Å². The summed E-state index contributed by atoms with van der Waals surface area (Å²) in [5.74, 6) is -0.464. The molecule has 0 amide bonds. The van der Waals surface area contributed by atoms with E-state index in [2.05, 4.69) is 70.5 Å². The molecule has 0 bridgehead atoms. The van der Waals surface area contributed by atoms with E-state index in [-0.39, 0.29) is 5.30 Å². The molecular formula is C26H31FN5OP. The SMILES string of the molecule is CN(C)CCN(C)c1ccc(-c2cc3c(Nc4cccc(F)c4P(C)(C)=O)ccnc3[nH]2)cc1. The maximum atomic E-state index is 14.5. The number of fused-ring (bicyclic) bond motifs is 1. The van der Waals surface area contributed by atoms with Gasteiger partial charge in [0.05, 0.1) is 16.7 Å². The van der Waals surface area contributed by atoms with Crippen molar-refractivity contribution < 1.29 is 8.96 Å². The van der Waals surface area contributed by atoms with Crippen LogP contribution in [0.5, 0.6) is 0 Å². The van der Waals surface area contributed by atoms with Crippen molar-refractivity contribution >= 4 is 40.5 Å². The molecule has 0 aliphatic carbocycles. The topological polar surface area (TPSA) is 64.3 Å². The van der Waals surface area contributed by atoms with Crippen LogP contribution >= 0.6 is 7.14 Å². The molecule has 0 aliphatic heterocycles. The molecule has 2 heterocycles. The third-order valence-corrected chi connectivity index (χ3v) is 7.36. The second-order valence-corrected chi connectivity index (χ2v) is 12.3. The van der Waals surface area contributed by atoms with Gasteiger partial charge >= 0.3 is 0 Å². The van der Waals surface area contributed by atoms with Gasteiger partial charge in [-0.1, -0.05) is 18.2 Å². The largest absolute Gasteiger partial charge is 0.373 e. The molecule has 2 aromatic heterocycles. The third kappa shape index (κ3) is 5.16. The first-order valence-electron chi connectivity index (χ1n) is 11.2. The van der Waals surface area contributed by atoms with E-state index in [1.807, 2.05) is 12.1 Å². The van der Waals surface area contributed by atoms with Crippen molar-refractivity contribution in [2.24, 2.45) is 0 Å². The van der Waals surface area contributed by atoms with E-state index in [9.17, 15) is 8.96 Å². The number of nitrogens with zero attached hydrogens (tertiary/aromatic N) is 3. The lowest BCUT2D eigenvalue weighted by molar-refractivity contribution is 0.416. The number of aromatic amines is 1. The van der Waals surface area contributed by atoms with E-state index in [1.165, 1.54) is 6.07 Å². The summed E-state index contributed by atoms with van der Waals surface area (Å²) in [6.07, 6.45) is 1.70. The normalized spacial score (nSPS) is 11.9. The van der Waals surface area contributed by atoms with Crippen molar-refractivity contribution in [3.8, 4) is 11.3 Å². The average Bonchev–Trinajstić information content (AvgIpc) is 3.22. The van der Waals surface area contributed by atoms with Crippen LogP contribution in [0.4, 0.5) is 21.5 Å². The minimum atomic E-state index is -2.82. The van der Waals surface area contributed by atoms with E-state index < -0.39 is 13.0 Å². The molecule has 0 saturated carbocycles. The molecule has 0 spiro atoms. The molecule has 2 N–H and O–H groups in total. The molecule has 34 heavy (non-hydrogen) atoms. The smallest absolute Gasteiger partial charge is 0.139 e. The number of likely N-dealkylation sites (N-methyl/N-ethyl adjacent to an activating group) is 2. The summed E-state index contributed by atoms with van der Waals surface area (Å²) >= 11 is 0. The van der Waals surface area contributed by atoms with Gasteiger partial charge in [0.2, 0.25) is 0 Å². The quantitative estimate of drug-likeness (QED) is 0.333. The summed E-state index contributed by atoms with van der Waals surface area (Å²) in [6.45, 7) is 5.09. The minimum Gasteiger partial charge on any atom is -0.373 e. The predicted octanol–water partition coefficient (Wildman–Crippen LogP) is 5.36. The number of H-pyrrole nitrogens is 1. The number of benzene rings is 2. The van der Waals surface area contributed by atoms with Gasteiger partial charge in [-0.05, 0) is 69.4 Å². The molecule has 0 fully saturated rings. The number of halogens is 1. The zero-order valence-corrected chi connectivity index (χ0v) is 21.2. The van der Waals surface area contributed by atoms with Gasteiger partial charge in [0.25, 0.3) is 0 Å². The Balaban J connectivity index is 1.64. The number of pyridine rings is 1. The number of hydrogen-bond acceptors (Lipinski definition) is 5. The van der Waals surface area contributed by atoms with Gasteiger partial charge in [-0.15, -0.1) is 0 Å². The van der Waals surface area contributed by atoms with Gasteiger partial charge < -0.3 is 24.7 Å². The molecule has 178 valence electrons. The van der Waals surface area contributed by atoms with E-state index in [4.69, 9.17) is 0 Å². The molecular weight excluding hydrogens is 448 g/mol. The highest BCUT2D eigenvalue weighted by molar-refractivity contribution is 7.70. The zero-order valence-electron chi connectivity index (χ0n) is 20.3. The molecule has 4 aromatic rings. The molecule has 4 rings (SSSR count). The molecule has 0 radical (unpaired) electrons. The second kappa shape index (κ2) is 9.61.